The standard InChI is InChI=1S/C24H23Cl2N3O3/c1-2-32-24(31)16-7-6-12-28(15-16)23(30)22-14-21(19-10-3-4-11-20(19)26)27-29(22)18-9-5-8-17(25)13-18/h3-5,8-11,13-14,16H,2,6-7,12,15H2,1H3/t16-/m1/s1. The van der Waals surface area contributed by atoms with Gasteiger partial charge >= 0.3 is 5.97 Å². The van der Waals surface area contributed by atoms with Crippen LogP contribution in [0.15, 0.2) is 54.6 Å². The molecular weight excluding hydrogens is 449 g/mol. The minimum Gasteiger partial charge on any atom is -0.466 e. The second-order valence-electron chi connectivity index (χ2n) is 7.63. The molecule has 0 saturated carbocycles. The van der Waals surface area contributed by atoms with E-state index in [4.69, 9.17) is 27.9 Å². The van der Waals surface area contributed by atoms with E-state index in [0.717, 1.165) is 12.0 Å². The molecule has 1 aliphatic rings. The topological polar surface area (TPSA) is 64.4 Å². The molecule has 1 aliphatic heterocycles. The summed E-state index contributed by atoms with van der Waals surface area (Å²) >= 11 is 12.6. The van der Waals surface area contributed by atoms with E-state index >= 15 is 0 Å². The monoisotopic (exact) mass is 471 g/mol. The number of carbonyl (C=O) groups excluding carboxylic acids is 2. The van der Waals surface area contributed by atoms with Gasteiger partial charge in [-0.05, 0) is 50.1 Å². The highest BCUT2D eigenvalue weighted by Crippen LogP contribution is 2.30. The summed E-state index contributed by atoms with van der Waals surface area (Å²) in [6.07, 6.45) is 1.44. The molecule has 8 heteroatoms. The number of nitrogens with zero attached hydrogens (tertiary/aromatic N) is 3. The van der Waals surface area contributed by atoms with Crippen molar-refractivity contribution < 1.29 is 14.3 Å². The molecule has 1 aromatic heterocycles. The van der Waals surface area contributed by atoms with Gasteiger partial charge in [-0.1, -0.05) is 47.5 Å². The number of esters is 1. The van der Waals surface area contributed by atoms with Crippen molar-refractivity contribution >= 4 is 35.1 Å². The van der Waals surface area contributed by atoms with Gasteiger partial charge in [-0.25, -0.2) is 4.68 Å². The fourth-order valence-electron chi connectivity index (χ4n) is 3.91. The Bertz CT molecular complexity index is 1150. The number of likely N-dealkylation sites (tertiary alicyclic amines) is 1. The molecule has 3 aromatic rings. The maximum Gasteiger partial charge on any atom is 0.310 e. The summed E-state index contributed by atoms with van der Waals surface area (Å²) in [6.45, 7) is 2.99. The number of aromatic nitrogens is 2. The van der Waals surface area contributed by atoms with Crippen LogP contribution >= 0.6 is 23.2 Å². The number of carbonyl (C=O) groups is 2. The molecule has 0 radical (unpaired) electrons. The third kappa shape index (κ3) is 4.66. The fourth-order valence-corrected chi connectivity index (χ4v) is 4.33. The Labute approximate surface area is 196 Å². The highest BCUT2D eigenvalue weighted by Gasteiger charge is 2.31. The van der Waals surface area contributed by atoms with Crippen molar-refractivity contribution in [1.29, 1.82) is 0 Å². The van der Waals surface area contributed by atoms with E-state index in [9.17, 15) is 9.59 Å². The molecule has 2 heterocycles. The smallest absolute Gasteiger partial charge is 0.310 e. The van der Waals surface area contributed by atoms with Crippen molar-refractivity contribution in [3.8, 4) is 16.9 Å². The molecule has 0 aliphatic carbocycles. The zero-order valence-electron chi connectivity index (χ0n) is 17.6. The highest BCUT2D eigenvalue weighted by atomic mass is 35.5. The Morgan fingerprint density at radius 1 is 1.12 bits per heavy atom. The van der Waals surface area contributed by atoms with Crippen LogP contribution in [-0.4, -0.2) is 46.3 Å². The predicted octanol–water partition coefficient (Wildman–Crippen LogP) is 5.26. The van der Waals surface area contributed by atoms with Crippen LogP contribution in [-0.2, 0) is 9.53 Å². The van der Waals surface area contributed by atoms with Crippen molar-refractivity contribution in [2.24, 2.45) is 5.92 Å². The van der Waals surface area contributed by atoms with Gasteiger partial charge in [-0.15, -0.1) is 0 Å². The van der Waals surface area contributed by atoms with E-state index in [1.54, 1.807) is 46.8 Å². The third-order valence-electron chi connectivity index (χ3n) is 5.46. The normalized spacial score (nSPS) is 16.1. The van der Waals surface area contributed by atoms with Gasteiger partial charge < -0.3 is 9.64 Å². The maximum atomic E-state index is 13.6. The number of ether oxygens (including phenoxy) is 1. The summed E-state index contributed by atoms with van der Waals surface area (Å²) < 4.78 is 6.76. The van der Waals surface area contributed by atoms with Gasteiger partial charge in [0.05, 0.1) is 28.9 Å². The van der Waals surface area contributed by atoms with E-state index < -0.39 is 0 Å². The lowest BCUT2D eigenvalue weighted by Crippen LogP contribution is -2.43. The van der Waals surface area contributed by atoms with Gasteiger partial charge in [0.2, 0.25) is 0 Å². The van der Waals surface area contributed by atoms with Crippen molar-refractivity contribution in [3.05, 3.63) is 70.3 Å². The third-order valence-corrected chi connectivity index (χ3v) is 6.02. The molecule has 32 heavy (non-hydrogen) atoms. The van der Waals surface area contributed by atoms with Crippen molar-refractivity contribution in [2.45, 2.75) is 19.8 Å². The minimum atomic E-state index is -0.321. The van der Waals surface area contributed by atoms with Crippen LogP contribution in [0.25, 0.3) is 16.9 Å². The lowest BCUT2D eigenvalue weighted by molar-refractivity contribution is -0.149. The van der Waals surface area contributed by atoms with Gasteiger partial charge in [-0.2, -0.15) is 5.10 Å². The van der Waals surface area contributed by atoms with E-state index in [1.165, 1.54) is 0 Å². The second-order valence-corrected chi connectivity index (χ2v) is 8.47. The fraction of sp³-hybridized carbons (Fsp3) is 0.292. The average Bonchev–Trinajstić information content (AvgIpc) is 3.24. The zero-order chi connectivity index (χ0) is 22.7. The molecule has 1 fully saturated rings. The first-order chi connectivity index (χ1) is 15.5. The quantitative estimate of drug-likeness (QED) is 0.475. The number of amides is 1. The Balaban J connectivity index is 1.72. The summed E-state index contributed by atoms with van der Waals surface area (Å²) in [6, 6.07) is 16.2. The van der Waals surface area contributed by atoms with E-state index in [2.05, 4.69) is 5.10 Å². The predicted molar refractivity (Wildman–Crippen MR) is 124 cm³/mol. The molecular formula is C24H23Cl2N3O3. The Morgan fingerprint density at radius 3 is 2.69 bits per heavy atom. The molecule has 2 aromatic carbocycles. The summed E-state index contributed by atoms with van der Waals surface area (Å²) in [5.41, 5.74) is 2.36. The molecule has 1 amide bonds. The van der Waals surface area contributed by atoms with Crippen LogP contribution in [0.4, 0.5) is 0 Å². The summed E-state index contributed by atoms with van der Waals surface area (Å²) in [5.74, 6) is -0.784. The number of rotatable bonds is 5. The van der Waals surface area contributed by atoms with Gasteiger partial charge in [0.15, 0.2) is 0 Å². The number of halogens is 2. The molecule has 0 bridgehead atoms. The first-order valence-electron chi connectivity index (χ1n) is 10.5. The lowest BCUT2D eigenvalue weighted by atomic mass is 9.98. The van der Waals surface area contributed by atoms with Crippen molar-refractivity contribution in [3.63, 3.8) is 0 Å². The van der Waals surface area contributed by atoms with Crippen molar-refractivity contribution in [2.75, 3.05) is 19.7 Å². The molecule has 1 atom stereocenters. The molecule has 1 saturated heterocycles. The average molecular weight is 472 g/mol. The largest absolute Gasteiger partial charge is 0.466 e. The molecule has 0 unspecified atom stereocenters. The summed E-state index contributed by atoms with van der Waals surface area (Å²) in [7, 11) is 0. The van der Waals surface area contributed by atoms with Crippen LogP contribution in [0.1, 0.15) is 30.3 Å². The Morgan fingerprint density at radius 2 is 1.94 bits per heavy atom. The van der Waals surface area contributed by atoms with Gasteiger partial charge in [0.25, 0.3) is 5.91 Å². The Hall–Kier alpha value is -2.83. The maximum absolute atomic E-state index is 13.6. The van der Waals surface area contributed by atoms with Gasteiger partial charge in [-0.3, -0.25) is 9.59 Å². The molecule has 0 spiro atoms. The number of hydrogen-bond donors (Lipinski definition) is 0. The molecule has 0 N–H and O–H groups in total. The number of benzene rings is 2. The van der Waals surface area contributed by atoms with Gasteiger partial charge in [0, 0.05) is 23.7 Å². The second kappa shape index (κ2) is 9.76. The van der Waals surface area contributed by atoms with Gasteiger partial charge in [0.1, 0.15) is 5.69 Å². The van der Waals surface area contributed by atoms with Crippen molar-refractivity contribution in [1.82, 2.24) is 14.7 Å². The van der Waals surface area contributed by atoms with E-state index in [0.29, 0.717) is 53.2 Å². The molecule has 6 nitrogen and oxygen atoms in total. The number of piperidine rings is 1. The first-order valence-corrected chi connectivity index (χ1v) is 11.3. The van der Waals surface area contributed by atoms with Crippen LogP contribution in [0.2, 0.25) is 10.0 Å². The van der Waals surface area contributed by atoms with E-state index in [1.807, 2.05) is 24.3 Å². The van der Waals surface area contributed by atoms with Crippen LogP contribution in [0.3, 0.4) is 0 Å². The Kier molecular flexibility index (Phi) is 6.82. The van der Waals surface area contributed by atoms with Crippen LogP contribution in [0, 0.1) is 5.92 Å². The summed E-state index contributed by atoms with van der Waals surface area (Å²) in [4.78, 5) is 27.5. The lowest BCUT2D eigenvalue weighted by Gasteiger charge is -2.31. The SMILES string of the molecule is CCOC(=O)[C@@H]1CCCN(C(=O)c2cc(-c3ccccc3Cl)nn2-c2cccc(Cl)c2)C1. The van der Waals surface area contributed by atoms with E-state index in [-0.39, 0.29) is 17.8 Å². The highest BCUT2D eigenvalue weighted by molar-refractivity contribution is 6.33. The van der Waals surface area contributed by atoms with Crippen LogP contribution in [0.5, 0.6) is 0 Å². The number of hydrogen-bond acceptors (Lipinski definition) is 4. The first kappa shape index (κ1) is 22.4. The molecule has 4 rings (SSSR count). The summed E-state index contributed by atoms with van der Waals surface area (Å²) in [5, 5.41) is 5.77. The van der Waals surface area contributed by atoms with Crippen LogP contribution < -0.4 is 0 Å². The molecule has 166 valence electrons. The minimum absolute atomic E-state index is 0.204. The zero-order valence-corrected chi connectivity index (χ0v) is 19.1.